The third kappa shape index (κ3) is 1.38. The molecule has 12 heavy (non-hydrogen) atoms. The smallest absolute Gasteiger partial charge is 0.115 e. The number of hydrogen-bond acceptors (Lipinski definition) is 4. The van der Waals surface area contributed by atoms with Crippen LogP contribution in [0.2, 0.25) is 0 Å². The number of aliphatic hydroxyl groups excluding tert-OH is 1. The van der Waals surface area contributed by atoms with Crippen molar-refractivity contribution < 1.29 is 5.11 Å². The number of aromatic nitrogens is 2. The minimum absolute atomic E-state index is 0.190. The van der Waals surface area contributed by atoms with Gasteiger partial charge in [-0.3, -0.25) is 0 Å². The summed E-state index contributed by atoms with van der Waals surface area (Å²) in [6, 6.07) is 0. The van der Waals surface area contributed by atoms with E-state index in [0.717, 1.165) is 18.7 Å². The first-order valence-corrected chi connectivity index (χ1v) is 4.04. The molecule has 1 N–H and O–H groups in total. The molecule has 4 nitrogen and oxygen atoms in total. The molecule has 1 fully saturated rings. The Balaban J connectivity index is 2.11. The van der Waals surface area contributed by atoms with Crippen LogP contribution in [0.4, 0.5) is 5.69 Å². The number of anilines is 1. The maximum Gasteiger partial charge on any atom is 0.115 e. The van der Waals surface area contributed by atoms with Crippen LogP contribution >= 0.6 is 0 Å². The van der Waals surface area contributed by atoms with E-state index in [1.807, 2.05) is 0 Å². The van der Waals surface area contributed by atoms with Crippen LogP contribution in [0.1, 0.15) is 6.42 Å². The minimum Gasteiger partial charge on any atom is -0.391 e. The highest BCUT2D eigenvalue weighted by Crippen LogP contribution is 2.17. The third-order valence-electron chi connectivity index (χ3n) is 2.08. The largest absolute Gasteiger partial charge is 0.391 e. The van der Waals surface area contributed by atoms with Crippen molar-refractivity contribution in [3.63, 3.8) is 0 Å². The van der Waals surface area contributed by atoms with Crippen LogP contribution in [0.3, 0.4) is 0 Å². The van der Waals surface area contributed by atoms with E-state index in [9.17, 15) is 5.11 Å². The average Bonchev–Trinajstić information content (AvgIpc) is 2.54. The van der Waals surface area contributed by atoms with Gasteiger partial charge in [0.05, 0.1) is 24.2 Å². The van der Waals surface area contributed by atoms with E-state index < -0.39 is 0 Å². The molecule has 0 aliphatic carbocycles. The van der Waals surface area contributed by atoms with Gasteiger partial charge in [-0.25, -0.2) is 9.97 Å². The van der Waals surface area contributed by atoms with Gasteiger partial charge in [-0.05, 0) is 6.42 Å². The molecule has 0 bridgehead atoms. The van der Waals surface area contributed by atoms with Crippen LogP contribution < -0.4 is 4.90 Å². The minimum atomic E-state index is -0.190. The van der Waals surface area contributed by atoms with Crippen LogP contribution in [-0.4, -0.2) is 34.3 Å². The summed E-state index contributed by atoms with van der Waals surface area (Å²) in [4.78, 5) is 9.93. The van der Waals surface area contributed by atoms with Crippen LogP contribution in [-0.2, 0) is 0 Å². The Labute approximate surface area is 70.9 Å². The lowest BCUT2D eigenvalue weighted by Gasteiger charge is -2.15. The van der Waals surface area contributed by atoms with Crippen molar-refractivity contribution in [2.75, 3.05) is 18.0 Å². The highest BCUT2D eigenvalue weighted by Gasteiger charge is 2.20. The second-order valence-corrected chi connectivity index (χ2v) is 2.99. The van der Waals surface area contributed by atoms with E-state index >= 15 is 0 Å². The zero-order valence-corrected chi connectivity index (χ0v) is 6.72. The standard InChI is InChI=1S/C8H11N3O/c12-8-1-2-11(5-8)7-3-9-6-10-4-7/h3-4,6,8,12H,1-2,5H2. The molecule has 0 saturated carbocycles. The molecule has 64 valence electrons. The summed E-state index contributed by atoms with van der Waals surface area (Å²) in [5.74, 6) is 0. The Kier molecular flexibility index (Phi) is 1.91. The zero-order valence-electron chi connectivity index (χ0n) is 6.72. The van der Waals surface area contributed by atoms with Crippen molar-refractivity contribution in [2.24, 2.45) is 0 Å². The topological polar surface area (TPSA) is 49.2 Å². The molecule has 1 saturated heterocycles. The molecule has 1 aliphatic heterocycles. The van der Waals surface area contributed by atoms with Gasteiger partial charge in [-0.15, -0.1) is 0 Å². The van der Waals surface area contributed by atoms with E-state index in [4.69, 9.17) is 0 Å². The van der Waals surface area contributed by atoms with Gasteiger partial charge in [0.15, 0.2) is 0 Å². The lowest BCUT2D eigenvalue weighted by atomic mass is 10.3. The molecular formula is C8H11N3O. The van der Waals surface area contributed by atoms with Gasteiger partial charge in [-0.2, -0.15) is 0 Å². The lowest BCUT2D eigenvalue weighted by Crippen LogP contribution is -2.21. The van der Waals surface area contributed by atoms with Crippen LogP contribution in [0.15, 0.2) is 18.7 Å². The summed E-state index contributed by atoms with van der Waals surface area (Å²) >= 11 is 0. The Morgan fingerprint density at radius 2 is 2.17 bits per heavy atom. The highest BCUT2D eigenvalue weighted by atomic mass is 16.3. The van der Waals surface area contributed by atoms with Crippen molar-refractivity contribution >= 4 is 5.69 Å². The van der Waals surface area contributed by atoms with Crippen molar-refractivity contribution in [1.82, 2.24) is 9.97 Å². The Morgan fingerprint density at radius 1 is 1.42 bits per heavy atom. The monoisotopic (exact) mass is 165 g/mol. The summed E-state index contributed by atoms with van der Waals surface area (Å²) in [6.45, 7) is 1.60. The predicted molar refractivity (Wildman–Crippen MR) is 44.9 cm³/mol. The second kappa shape index (κ2) is 3.06. The molecule has 0 aromatic carbocycles. The van der Waals surface area contributed by atoms with Gasteiger partial charge in [0.2, 0.25) is 0 Å². The summed E-state index contributed by atoms with van der Waals surface area (Å²) in [6.07, 6.45) is 5.70. The molecule has 1 atom stereocenters. The van der Waals surface area contributed by atoms with Crippen LogP contribution in [0, 0.1) is 0 Å². The fourth-order valence-corrected chi connectivity index (χ4v) is 1.43. The number of aliphatic hydroxyl groups is 1. The second-order valence-electron chi connectivity index (χ2n) is 2.99. The van der Waals surface area contributed by atoms with Crippen LogP contribution in [0.25, 0.3) is 0 Å². The summed E-state index contributed by atoms with van der Waals surface area (Å²) in [5, 5.41) is 9.28. The zero-order chi connectivity index (χ0) is 8.39. The van der Waals surface area contributed by atoms with Crippen molar-refractivity contribution in [3.8, 4) is 0 Å². The molecule has 1 aromatic rings. The molecule has 0 amide bonds. The van der Waals surface area contributed by atoms with E-state index in [0.29, 0.717) is 6.54 Å². The molecular weight excluding hydrogens is 154 g/mol. The van der Waals surface area contributed by atoms with E-state index in [-0.39, 0.29) is 6.10 Å². The molecule has 1 unspecified atom stereocenters. The van der Waals surface area contributed by atoms with Crippen LogP contribution in [0.5, 0.6) is 0 Å². The first-order valence-electron chi connectivity index (χ1n) is 4.04. The fraction of sp³-hybridized carbons (Fsp3) is 0.500. The van der Waals surface area contributed by atoms with E-state index in [2.05, 4.69) is 14.9 Å². The molecule has 4 heteroatoms. The molecule has 0 radical (unpaired) electrons. The van der Waals surface area contributed by atoms with Crippen molar-refractivity contribution in [2.45, 2.75) is 12.5 Å². The Bertz CT molecular complexity index is 252. The summed E-state index contributed by atoms with van der Waals surface area (Å²) in [7, 11) is 0. The predicted octanol–water partition coefficient (Wildman–Crippen LogP) is 0.0476. The first kappa shape index (κ1) is 7.49. The van der Waals surface area contributed by atoms with Crippen molar-refractivity contribution in [3.05, 3.63) is 18.7 Å². The maximum atomic E-state index is 9.28. The molecule has 1 aliphatic rings. The number of β-amino-alcohol motifs (C(OH)–C–C–N with tert-alkyl or cyclic N) is 1. The third-order valence-corrected chi connectivity index (χ3v) is 2.08. The van der Waals surface area contributed by atoms with Gasteiger partial charge in [0, 0.05) is 13.1 Å². The first-order chi connectivity index (χ1) is 5.86. The lowest BCUT2D eigenvalue weighted by molar-refractivity contribution is 0.198. The molecule has 2 rings (SSSR count). The number of nitrogens with zero attached hydrogens (tertiary/aromatic N) is 3. The van der Waals surface area contributed by atoms with Gasteiger partial charge >= 0.3 is 0 Å². The summed E-state index contributed by atoms with van der Waals surface area (Å²) in [5.41, 5.74) is 0.994. The molecule has 1 aromatic heterocycles. The normalized spacial score (nSPS) is 23.1. The highest BCUT2D eigenvalue weighted by molar-refractivity contribution is 5.42. The maximum absolute atomic E-state index is 9.28. The van der Waals surface area contributed by atoms with Gasteiger partial charge in [0.1, 0.15) is 6.33 Å². The Hall–Kier alpha value is -1.16. The number of rotatable bonds is 1. The average molecular weight is 165 g/mol. The van der Waals surface area contributed by atoms with E-state index in [1.165, 1.54) is 6.33 Å². The number of hydrogen-bond donors (Lipinski definition) is 1. The molecule has 2 heterocycles. The Morgan fingerprint density at radius 3 is 2.75 bits per heavy atom. The van der Waals surface area contributed by atoms with Gasteiger partial charge < -0.3 is 10.0 Å². The van der Waals surface area contributed by atoms with Gasteiger partial charge in [-0.1, -0.05) is 0 Å². The summed E-state index contributed by atoms with van der Waals surface area (Å²) < 4.78 is 0. The SMILES string of the molecule is OC1CCN(c2cncnc2)C1. The van der Waals surface area contributed by atoms with Crippen molar-refractivity contribution in [1.29, 1.82) is 0 Å². The van der Waals surface area contributed by atoms with Gasteiger partial charge in [0.25, 0.3) is 0 Å². The molecule has 0 spiro atoms. The van der Waals surface area contributed by atoms with E-state index in [1.54, 1.807) is 12.4 Å². The fourth-order valence-electron chi connectivity index (χ4n) is 1.43. The quantitative estimate of drug-likeness (QED) is 0.638.